The average molecular weight is 413 g/mol. The number of hydrogen-bond acceptors (Lipinski definition) is 6. The van der Waals surface area contributed by atoms with Crippen LogP contribution in [-0.2, 0) is 12.2 Å². The number of nitrogens with zero attached hydrogens (tertiary/aromatic N) is 3. The molecule has 1 amide bonds. The first-order valence-electron chi connectivity index (χ1n) is 9.10. The van der Waals surface area contributed by atoms with Gasteiger partial charge in [-0.25, -0.2) is 0 Å². The second kappa shape index (κ2) is 9.21. The molecule has 3 rings (SSSR count). The highest BCUT2D eigenvalue weighted by Gasteiger charge is 2.10. The SMILES string of the molecule is CCc1cccc(C)c1Nc1nnc(SCc2ccc(C(=O)N(C)C)cc2)s1. The minimum Gasteiger partial charge on any atom is -0.345 e. The summed E-state index contributed by atoms with van der Waals surface area (Å²) in [5.74, 6) is 0.803. The molecular weight excluding hydrogens is 388 g/mol. The number of thioether (sulfide) groups is 1. The van der Waals surface area contributed by atoms with E-state index in [2.05, 4.69) is 47.6 Å². The number of benzene rings is 2. The lowest BCUT2D eigenvalue weighted by Gasteiger charge is -2.11. The minimum atomic E-state index is 0.0155. The molecule has 0 aliphatic heterocycles. The summed E-state index contributed by atoms with van der Waals surface area (Å²) in [5, 5.41) is 12.8. The molecule has 0 bridgehead atoms. The maximum atomic E-state index is 12.0. The molecule has 7 heteroatoms. The lowest BCUT2D eigenvalue weighted by Crippen LogP contribution is -2.21. The Balaban J connectivity index is 1.62. The Morgan fingerprint density at radius 2 is 1.89 bits per heavy atom. The number of amides is 1. The van der Waals surface area contributed by atoms with Crippen molar-refractivity contribution in [1.29, 1.82) is 0 Å². The molecule has 0 radical (unpaired) electrons. The summed E-state index contributed by atoms with van der Waals surface area (Å²) in [5.41, 5.74) is 5.45. The van der Waals surface area contributed by atoms with Crippen LogP contribution in [0, 0.1) is 6.92 Å². The molecule has 5 nitrogen and oxygen atoms in total. The smallest absolute Gasteiger partial charge is 0.253 e. The molecule has 0 unspecified atom stereocenters. The molecule has 0 atom stereocenters. The predicted octanol–water partition coefficient (Wildman–Crippen LogP) is 5.15. The van der Waals surface area contributed by atoms with Crippen LogP contribution in [-0.4, -0.2) is 35.1 Å². The second-order valence-corrected chi connectivity index (χ2v) is 8.85. The third kappa shape index (κ3) is 4.91. The summed E-state index contributed by atoms with van der Waals surface area (Å²) in [6, 6.07) is 14.0. The van der Waals surface area contributed by atoms with Gasteiger partial charge in [-0.2, -0.15) is 0 Å². The van der Waals surface area contributed by atoms with Crippen LogP contribution < -0.4 is 5.32 Å². The number of hydrogen-bond donors (Lipinski definition) is 1. The van der Waals surface area contributed by atoms with E-state index in [0.717, 1.165) is 32.9 Å². The average Bonchev–Trinajstić information content (AvgIpc) is 3.15. The fourth-order valence-corrected chi connectivity index (χ4v) is 4.49. The van der Waals surface area contributed by atoms with Crippen molar-refractivity contribution in [3.8, 4) is 0 Å². The van der Waals surface area contributed by atoms with Crippen LogP contribution in [0.5, 0.6) is 0 Å². The van der Waals surface area contributed by atoms with E-state index < -0.39 is 0 Å². The van der Waals surface area contributed by atoms with Gasteiger partial charge in [-0.1, -0.05) is 60.4 Å². The van der Waals surface area contributed by atoms with Gasteiger partial charge in [-0.15, -0.1) is 10.2 Å². The normalized spacial score (nSPS) is 10.7. The molecule has 28 heavy (non-hydrogen) atoms. The third-order valence-corrected chi connectivity index (χ3v) is 6.39. The van der Waals surface area contributed by atoms with Gasteiger partial charge in [0.1, 0.15) is 0 Å². The van der Waals surface area contributed by atoms with Gasteiger partial charge in [0.05, 0.1) is 0 Å². The Morgan fingerprint density at radius 1 is 1.14 bits per heavy atom. The van der Waals surface area contributed by atoms with Crippen molar-refractivity contribution >= 4 is 39.8 Å². The van der Waals surface area contributed by atoms with Gasteiger partial charge in [0.15, 0.2) is 4.34 Å². The van der Waals surface area contributed by atoms with E-state index in [1.54, 1.807) is 42.1 Å². The van der Waals surface area contributed by atoms with Crippen molar-refractivity contribution in [3.63, 3.8) is 0 Å². The van der Waals surface area contributed by atoms with E-state index >= 15 is 0 Å². The standard InChI is InChI=1S/C21H24N4OS2/c1-5-16-8-6-7-14(2)18(16)22-20-23-24-21(28-20)27-13-15-9-11-17(12-10-15)19(26)25(3)4/h6-12H,5,13H2,1-4H3,(H,22,23). The topological polar surface area (TPSA) is 58.1 Å². The molecule has 0 fully saturated rings. The first-order valence-corrected chi connectivity index (χ1v) is 10.9. The molecule has 0 saturated carbocycles. The van der Waals surface area contributed by atoms with Crippen LogP contribution in [0.4, 0.5) is 10.8 Å². The number of carbonyl (C=O) groups is 1. The fraction of sp³-hybridized carbons (Fsp3) is 0.286. The van der Waals surface area contributed by atoms with Gasteiger partial charge < -0.3 is 10.2 Å². The zero-order valence-corrected chi connectivity index (χ0v) is 18.2. The number of aromatic nitrogens is 2. The maximum absolute atomic E-state index is 12.0. The Labute approximate surface area is 174 Å². The summed E-state index contributed by atoms with van der Waals surface area (Å²) >= 11 is 3.20. The van der Waals surface area contributed by atoms with E-state index in [1.807, 2.05) is 24.3 Å². The van der Waals surface area contributed by atoms with Crippen LogP contribution in [0.2, 0.25) is 0 Å². The van der Waals surface area contributed by atoms with Crippen molar-refractivity contribution in [1.82, 2.24) is 15.1 Å². The van der Waals surface area contributed by atoms with E-state index in [-0.39, 0.29) is 5.91 Å². The zero-order valence-electron chi connectivity index (χ0n) is 16.5. The van der Waals surface area contributed by atoms with Crippen molar-refractivity contribution in [3.05, 3.63) is 64.7 Å². The number of aryl methyl sites for hydroxylation is 2. The Hall–Kier alpha value is -2.38. The first kappa shape index (κ1) is 20.4. The van der Waals surface area contributed by atoms with Crippen molar-refractivity contribution in [2.75, 3.05) is 19.4 Å². The molecule has 1 aromatic heterocycles. The predicted molar refractivity (Wildman–Crippen MR) is 118 cm³/mol. The summed E-state index contributed by atoms with van der Waals surface area (Å²) < 4.78 is 0.919. The number of nitrogens with one attached hydrogen (secondary N) is 1. The maximum Gasteiger partial charge on any atom is 0.253 e. The molecule has 0 spiro atoms. The monoisotopic (exact) mass is 412 g/mol. The lowest BCUT2D eigenvalue weighted by atomic mass is 10.1. The highest BCUT2D eigenvalue weighted by molar-refractivity contribution is 8.00. The van der Waals surface area contributed by atoms with Crippen molar-refractivity contribution in [2.45, 2.75) is 30.4 Å². The van der Waals surface area contributed by atoms with Crippen molar-refractivity contribution < 1.29 is 4.79 Å². The lowest BCUT2D eigenvalue weighted by molar-refractivity contribution is 0.0827. The summed E-state index contributed by atoms with van der Waals surface area (Å²) in [6.07, 6.45) is 0.969. The van der Waals surface area contributed by atoms with Crippen LogP contribution >= 0.6 is 23.1 Å². The fourth-order valence-electron chi connectivity index (χ4n) is 2.77. The Bertz CT molecular complexity index is 951. The highest BCUT2D eigenvalue weighted by atomic mass is 32.2. The molecule has 0 aliphatic carbocycles. The van der Waals surface area contributed by atoms with Crippen LogP contribution in [0.1, 0.15) is 34.0 Å². The van der Waals surface area contributed by atoms with Crippen LogP contribution in [0.25, 0.3) is 0 Å². The molecule has 0 saturated heterocycles. The highest BCUT2D eigenvalue weighted by Crippen LogP contribution is 2.32. The summed E-state index contributed by atoms with van der Waals surface area (Å²) in [7, 11) is 3.52. The Kier molecular flexibility index (Phi) is 6.70. The molecule has 3 aromatic rings. The molecular formula is C21H24N4OS2. The first-order chi connectivity index (χ1) is 13.5. The van der Waals surface area contributed by atoms with Gasteiger partial charge in [-0.05, 0) is 42.2 Å². The number of rotatable bonds is 7. The van der Waals surface area contributed by atoms with Gasteiger partial charge in [-0.3, -0.25) is 4.79 Å². The van der Waals surface area contributed by atoms with E-state index in [9.17, 15) is 4.79 Å². The van der Waals surface area contributed by atoms with Crippen molar-refractivity contribution in [2.24, 2.45) is 0 Å². The zero-order chi connectivity index (χ0) is 20.1. The molecule has 0 aliphatic rings. The number of carbonyl (C=O) groups excluding carboxylic acids is 1. The molecule has 1 heterocycles. The van der Waals surface area contributed by atoms with Gasteiger partial charge >= 0.3 is 0 Å². The third-order valence-electron chi connectivity index (χ3n) is 4.35. The largest absolute Gasteiger partial charge is 0.345 e. The van der Waals surface area contributed by atoms with Crippen LogP contribution in [0.15, 0.2) is 46.8 Å². The van der Waals surface area contributed by atoms with E-state index in [1.165, 1.54) is 11.1 Å². The van der Waals surface area contributed by atoms with Gasteiger partial charge in [0.25, 0.3) is 5.91 Å². The summed E-state index contributed by atoms with van der Waals surface area (Å²) in [6.45, 7) is 4.25. The Morgan fingerprint density at radius 3 is 2.57 bits per heavy atom. The van der Waals surface area contributed by atoms with Gasteiger partial charge in [0.2, 0.25) is 5.13 Å². The second-order valence-electron chi connectivity index (χ2n) is 6.65. The van der Waals surface area contributed by atoms with E-state index in [4.69, 9.17) is 0 Å². The number of anilines is 2. The van der Waals surface area contributed by atoms with Gasteiger partial charge in [0, 0.05) is 31.1 Å². The summed E-state index contributed by atoms with van der Waals surface area (Å²) in [4.78, 5) is 13.5. The van der Waals surface area contributed by atoms with Crippen LogP contribution in [0.3, 0.4) is 0 Å². The minimum absolute atomic E-state index is 0.0155. The molecule has 1 N–H and O–H groups in total. The molecule has 146 valence electrons. The number of para-hydroxylation sites is 1. The molecule has 2 aromatic carbocycles. The van der Waals surface area contributed by atoms with E-state index in [0.29, 0.717) is 5.56 Å². The quantitative estimate of drug-likeness (QED) is 0.544.